The number of imidazole rings is 3. The molecule has 0 spiro atoms. The van der Waals surface area contributed by atoms with Crippen LogP contribution >= 0.6 is 0 Å². The van der Waals surface area contributed by atoms with Gasteiger partial charge in [-0.1, -0.05) is 12.1 Å². The van der Waals surface area contributed by atoms with Crippen molar-refractivity contribution in [3.8, 4) is 40.8 Å². The Morgan fingerprint density at radius 2 is 1.05 bits per heavy atom. The van der Waals surface area contributed by atoms with E-state index in [1.165, 1.54) is 4.90 Å². The summed E-state index contributed by atoms with van der Waals surface area (Å²) in [4.78, 5) is 77.4. The molecule has 6 aromatic heterocycles. The van der Waals surface area contributed by atoms with Crippen LogP contribution in [-0.2, 0) is 47.0 Å². The van der Waals surface area contributed by atoms with E-state index in [-0.39, 0.29) is 51.6 Å². The molecule has 2 aliphatic rings. The summed E-state index contributed by atoms with van der Waals surface area (Å²) >= 11 is 0. The zero-order valence-corrected chi connectivity index (χ0v) is 43.4. The van der Waals surface area contributed by atoms with Gasteiger partial charge in [-0.05, 0) is 95.1 Å². The zero-order chi connectivity index (χ0) is 54.3. The van der Waals surface area contributed by atoms with Gasteiger partial charge in [0.25, 0.3) is 0 Å². The van der Waals surface area contributed by atoms with Crippen LogP contribution in [0.1, 0.15) is 66.1 Å². The molecule has 2 aliphatic heterocycles. The number of rotatable bonds is 16. The van der Waals surface area contributed by atoms with Crippen molar-refractivity contribution in [2.24, 2.45) is 5.73 Å². The number of aryl methyl sites for hydroxylation is 3. The molecule has 25 nitrogen and oxygen atoms in total. The van der Waals surface area contributed by atoms with Crippen molar-refractivity contribution in [3.05, 3.63) is 156 Å². The fraction of sp³-hybridized carbons (Fsp3) is 0.308. The van der Waals surface area contributed by atoms with E-state index in [1.807, 2.05) is 57.2 Å². The lowest BCUT2D eigenvalue weighted by Crippen LogP contribution is -2.42. The second-order valence-electron chi connectivity index (χ2n) is 18.4. The first-order valence-corrected chi connectivity index (χ1v) is 24.3. The van der Waals surface area contributed by atoms with Crippen LogP contribution < -0.4 is 40.6 Å². The quantitative estimate of drug-likeness (QED) is 0.105. The molecule has 0 saturated heterocycles. The molecule has 400 valence electrons. The normalized spacial score (nSPS) is 11.9. The van der Waals surface area contributed by atoms with Crippen molar-refractivity contribution in [1.29, 1.82) is 0 Å². The number of amides is 3. The highest BCUT2D eigenvalue weighted by atomic mass is 16.7. The van der Waals surface area contributed by atoms with Crippen molar-refractivity contribution in [3.63, 3.8) is 0 Å². The lowest BCUT2D eigenvalue weighted by Gasteiger charge is -2.27. The molecular formula is C52H59N17O8. The average molecular weight is 1050 g/mol. The second-order valence-corrected chi connectivity index (χ2v) is 18.4. The maximum absolute atomic E-state index is 12.9. The van der Waals surface area contributed by atoms with Crippen molar-refractivity contribution in [2.45, 2.75) is 79.9 Å². The lowest BCUT2D eigenvalue weighted by atomic mass is 10.2. The van der Waals surface area contributed by atoms with Gasteiger partial charge < -0.3 is 45.4 Å². The second kappa shape index (κ2) is 25.2. The maximum Gasteiger partial charge on any atom is 0.411 e. The van der Waals surface area contributed by atoms with Gasteiger partial charge in [0, 0.05) is 73.9 Å². The van der Waals surface area contributed by atoms with Gasteiger partial charge in [-0.25, -0.2) is 49.7 Å². The molecule has 2 aromatic carbocycles. The van der Waals surface area contributed by atoms with Gasteiger partial charge in [-0.15, -0.1) is 0 Å². The number of carbonyl (C=O) groups excluding carboxylic acids is 3. The highest BCUT2D eigenvalue weighted by Gasteiger charge is 2.25. The summed E-state index contributed by atoms with van der Waals surface area (Å²) in [6.45, 7) is 13.0. The Balaban J connectivity index is 0.000000166. The Bertz CT molecular complexity index is 3260. The van der Waals surface area contributed by atoms with Gasteiger partial charge in [0.15, 0.2) is 23.0 Å². The van der Waals surface area contributed by atoms with E-state index in [2.05, 4.69) is 60.8 Å². The Kier molecular flexibility index (Phi) is 17.7. The molecule has 5 N–H and O–H groups in total. The summed E-state index contributed by atoms with van der Waals surface area (Å²) in [7, 11) is 0. The highest BCUT2D eigenvalue weighted by Crippen LogP contribution is 2.34. The van der Waals surface area contributed by atoms with Crippen molar-refractivity contribution >= 4 is 17.9 Å². The molecule has 8 heterocycles. The predicted octanol–water partition coefficient (Wildman–Crippen LogP) is 4.29. The van der Waals surface area contributed by atoms with E-state index in [0.29, 0.717) is 54.7 Å². The summed E-state index contributed by atoms with van der Waals surface area (Å²) in [6.07, 6.45) is 14.6. The van der Waals surface area contributed by atoms with Gasteiger partial charge in [-0.3, -0.25) is 28.2 Å². The standard InChI is InChI=1S/C24H28N6O5.C19H20N6O3.C9H11N5/c1-16-9-18(28-22(27-16)29-8-7-25-14-29)11-26-21(31)13-30(23(32)35-24(2,3)4)12-17-5-6-19-20(10-17)34-15-33-19;1-13-6-15(24-19(23-13)25-5-4-20-11-25)9-22-18(26)10-21-8-14-2-3-16-17(7-14)28-12-27-16;1-7-4-8(5-10)13-9(12-7)14-3-2-11-6-14/h5-10,14H,11-13,15H2,1-4H3,(H,26,31);2-7,11,21H,8-10,12H2,1H3,(H,22,26);2-4,6H,5,10H2,1H3. The molecule has 0 saturated carbocycles. The topological polar surface area (TPSA) is 294 Å². The monoisotopic (exact) mass is 1050 g/mol. The third-order valence-electron chi connectivity index (χ3n) is 10.9. The minimum Gasteiger partial charge on any atom is -0.454 e. The van der Waals surface area contributed by atoms with Crippen LogP contribution in [0.5, 0.6) is 23.0 Å². The minimum absolute atomic E-state index is 0.110. The fourth-order valence-electron chi connectivity index (χ4n) is 7.43. The number of nitrogens with zero attached hydrogens (tertiary/aromatic N) is 13. The van der Waals surface area contributed by atoms with E-state index in [4.69, 9.17) is 29.4 Å². The number of fused-ring (bicyclic) bond motifs is 2. The number of benzene rings is 2. The third kappa shape index (κ3) is 15.8. The number of ether oxygens (including phenoxy) is 5. The molecule has 0 aliphatic carbocycles. The first-order valence-electron chi connectivity index (χ1n) is 24.3. The van der Waals surface area contributed by atoms with Gasteiger partial charge in [-0.2, -0.15) is 0 Å². The molecule has 3 amide bonds. The molecule has 0 radical (unpaired) electrons. The van der Waals surface area contributed by atoms with Gasteiger partial charge in [0.1, 0.15) is 31.1 Å². The van der Waals surface area contributed by atoms with Crippen LogP contribution in [0.15, 0.2) is 111 Å². The molecule has 10 rings (SSSR count). The van der Waals surface area contributed by atoms with E-state index in [9.17, 15) is 14.4 Å². The highest BCUT2D eigenvalue weighted by molar-refractivity contribution is 5.82. The summed E-state index contributed by atoms with van der Waals surface area (Å²) in [5, 5.41) is 8.81. The molecule has 0 bridgehead atoms. The summed E-state index contributed by atoms with van der Waals surface area (Å²) in [5.74, 6) is 3.87. The molecular weight excluding hydrogens is 991 g/mol. The number of aromatic nitrogens is 12. The number of nitrogens with one attached hydrogen (secondary N) is 3. The van der Waals surface area contributed by atoms with Crippen molar-refractivity contribution in [1.82, 2.24) is 79.4 Å². The third-order valence-corrected chi connectivity index (χ3v) is 10.9. The van der Waals surface area contributed by atoms with Gasteiger partial charge in [0.2, 0.25) is 43.2 Å². The van der Waals surface area contributed by atoms with E-state index in [0.717, 1.165) is 51.1 Å². The predicted molar refractivity (Wildman–Crippen MR) is 277 cm³/mol. The van der Waals surface area contributed by atoms with Crippen LogP contribution in [-0.4, -0.2) is 114 Å². The number of hydrogen-bond donors (Lipinski definition) is 4. The first kappa shape index (κ1) is 53.9. The van der Waals surface area contributed by atoms with Crippen LogP contribution in [0.2, 0.25) is 0 Å². The summed E-state index contributed by atoms with van der Waals surface area (Å²) < 4.78 is 32.1. The molecule has 77 heavy (non-hydrogen) atoms. The minimum atomic E-state index is -0.705. The molecule has 0 unspecified atom stereocenters. The maximum atomic E-state index is 12.9. The largest absolute Gasteiger partial charge is 0.454 e. The van der Waals surface area contributed by atoms with Crippen LogP contribution in [0.4, 0.5) is 4.79 Å². The van der Waals surface area contributed by atoms with E-state index >= 15 is 0 Å². The Labute approximate surface area is 443 Å². The molecule has 0 atom stereocenters. The average Bonchev–Trinajstić information content (AvgIpc) is 4.28. The Morgan fingerprint density at radius 1 is 0.597 bits per heavy atom. The SMILES string of the molecule is Cc1cc(CN)nc(-n2ccnc2)n1.Cc1cc(CNC(=O)CN(Cc2ccc3c(c2)OCO3)C(=O)OC(C)(C)C)nc(-n2ccnc2)n1.Cc1cc(CNC(=O)CNCc2ccc3c(c2)OCO3)nc(-n2ccnc2)n1. The molecule has 25 heteroatoms. The lowest BCUT2D eigenvalue weighted by molar-refractivity contribution is -0.122. The Hall–Kier alpha value is -9.36. The molecule has 8 aromatic rings. The summed E-state index contributed by atoms with van der Waals surface area (Å²) in [5.41, 5.74) is 11.3. The number of carbonyl (C=O) groups is 3. The summed E-state index contributed by atoms with van der Waals surface area (Å²) in [6, 6.07) is 16.6. The van der Waals surface area contributed by atoms with E-state index in [1.54, 1.807) is 109 Å². The zero-order valence-electron chi connectivity index (χ0n) is 43.4. The van der Waals surface area contributed by atoms with E-state index < -0.39 is 11.7 Å². The Morgan fingerprint density at radius 3 is 1.53 bits per heavy atom. The van der Waals surface area contributed by atoms with Gasteiger partial charge >= 0.3 is 6.09 Å². The fourth-order valence-corrected chi connectivity index (χ4v) is 7.43. The first-order chi connectivity index (χ1) is 37.1. The number of nitrogens with two attached hydrogens (primary N) is 1. The van der Waals surface area contributed by atoms with Crippen molar-refractivity contribution in [2.75, 3.05) is 26.7 Å². The van der Waals surface area contributed by atoms with Crippen LogP contribution in [0.3, 0.4) is 0 Å². The van der Waals surface area contributed by atoms with Crippen molar-refractivity contribution < 1.29 is 38.1 Å². The number of hydrogen-bond acceptors (Lipinski definition) is 19. The van der Waals surface area contributed by atoms with Crippen LogP contribution in [0.25, 0.3) is 17.8 Å². The smallest absolute Gasteiger partial charge is 0.411 e. The van der Waals surface area contributed by atoms with Crippen LogP contribution in [0, 0.1) is 20.8 Å². The molecule has 0 fully saturated rings. The van der Waals surface area contributed by atoms with Gasteiger partial charge in [0.05, 0.1) is 36.7 Å².